The zero-order valence-corrected chi connectivity index (χ0v) is 22.8. The zero-order valence-electron chi connectivity index (χ0n) is 17.0. The van der Waals surface area contributed by atoms with E-state index < -0.39 is 42.8 Å². The number of rotatable bonds is 6. The molecular weight excluding hydrogens is 574 g/mol. The largest absolute Gasteiger partial charge is 1.00 e. The Morgan fingerprint density at radius 2 is 1.19 bits per heavy atom. The molecule has 2 N–H and O–H groups in total. The minimum Gasteiger partial charge on any atom is -0.481 e. The van der Waals surface area contributed by atoms with Crippen LogP contribution in [0.5, 0.6) is 0 Å². The average molecular weight is 594 g/mol. The van der Waals surface area contributed by atoms with Gasteiger partial charge in [-0.3, -0.25) is 27.5 Å². The molecule has 0 aromatic heterocycles. The molecule has 0 fully saturated rings. The summed E-state index contributed by atoms with van der Waals surface area (Å²) < 4.78 is 45.4. The van der Waals surface area contributed by atoms with Gasteiger partial charge in [0.05, 0.1) is 12.8 Å². The SMILES string of the molecule is CS(=O)c1ccc(CC(=O)O)cc1.CSc1ccc(CC(=O)O)cc1.[Na+].[O-][I+3]([O-])([O-])[O-]. The molecule has 2 rings (SSSR count). The Hall–Kier alpha value is -0.550. The fraction of sp³-hybridized carbons (Fsp3) is 0.222. The van der Waals surface area contributed by atoms with Crippen LogP contribution in [0.2, 0.25) is 0 Å². The number of carbonyl (C=O) groups is 2. The standard InChI is InChI=1S/C9H10O3S.C9H10O2S.IO4.Na/c1-13(12)8-4-2-7(3-5-8)6-9(10)11;1-12-8-4-2-7(3-5-8)6-9(10)11;2-1(3,4)5;/h2-5H,6H2,1H3,(H,10,11);2-5H,6H2,1H3,(H,10,11);;/q;;-1;+1. The first-order valence-electron chi connectivity index (χ1n) is 7.92. The van der Waals surface area contributed by atoms with Gasteiger partial charge in [0.15, 0.2) is 0 Å². The van der Waals surface area contributed by atoms with Gasteiger partial charge in [-0.25, -0.2) is 0 Å². The topological polar surface area (TPSA) is 184 Å². The molecule has 9 nitrogen and oxygen atoms in total. The molecule has 1 atom stereocenters. The van der Waals surface area contributed by atoms with Gasteiger partial charge in [0.2, 0.25) is 0 Å². The molecule has 13 heteroatoms. The van der Waals surface area contributed by atoms with Crippen molar-refractivity contribution in [1.82, 2.24) is 0 Å². The van der Waals surface area contributed by atoms with Crippen molar-refractivity contribution in [3.05, 3.63) is 59.7 Å². The van der Waals surface area contributed by atoms with Crippen molar-refractivity contribution in [2.45, 2.75) is 22.6 Å². The van der Waals surface area contributed by atoms with E-state index in [9.17, 15) is 13.8 Å². The van der Waals surface area contributed by atoms with Gasteiger partial charge in [-0.1, -0.05) is 24.3 Å². The van der Waals surface area contributed by atoms with Crippen molar-refractivity contribution in [2.75, 3.05) is 12.5 Å². The Morgan fingerprint density at radius 1 is 0.871 bits per heavy atom. The van der Waals surface area contributed by atoms with Gasteiger partial charge >= 0.3 is 41.5 Å². The molecule has 2 aromatic rings. The summed E-state index contributed by atoms with van der Waals surface area (Å²) in [6.45, 7) is 0. The predicted molar refractivity (Wildman–Crippen MR) is 99.7 cm³/mol. The number of hydrogen-bond acceptors (Lipinski definition) is 8. The van der Waals surface area contributed by atoms with Crippen LogP contribution in [0, 0.1) is 0 Å². The molecule has 0 bridgehead atoms. The van der Waals surface area contributed by atoms with E-state index in [1.807, 2.05) is 30.5 Å². The molecule has 0 aliphatic heterocycles. The second-order valence-electron chi connectivity index (χ2n) is 5.47. The van der Waals surface area contributed by atoms with Crippen LogP contribution in [0.4, 0.5) is 0 Å². The first-order valence-corrected chi connectivity index (χ1v) is 14.2. The minimum absolute atomic E-state index is 0. The van der Waals surface area contributed by atoms with Gasteiger partial charge in [0.1, 0.15) is 20.1 Å². The van der Waals surface area contributed by atoms with Gasteiger partial charge in [-0.05, 0) is 41.6 Å². The number of hydrogen-bond donors (Lipinski definition) is 2. The van der Waals surface area contributed by atoms with Crippen LogP contribution >= 0.6 is 11.8 Å². The summed E-state index contributed by atoms with van der Waals surface area (Å²) in [5.41, 5.74) is 1.57. The van der Waals surface area contributed by atoms with E-state index in [-0.39, 0.29) is 42.4 Å². The quantitative estimate of drug-likeness (QED) is 0.185. The maximum absolute atomic E-state index is 11.0. The van der Waals surface area contributed by atoms with E-state index in [0.29, 0.717) is 4.90 Å². The van der Waals surface area contributed by atoms with Crippen LogP contribution < -0.4 is 63.4 Å². The monoisotopic (exact) mass is 594 g/mol. The van der Waals surface area contributed by atoms with Gasteiger partial charge in [-0.2, -0.15) is 0 Å². The smallest absolute Gasteiger partial charge is 0.481 e. The third-order valence-corrected chi connectivity index (χ3v) is 4.80. The van der Waals surface area contributed by atoms with Crippen molar-refractivity contribution in [2.24, 2.45) is 0 Å². The molecule has 31 heavy (non-hydrogen) atoms. The maximum atomic E-state index is 11.0. The van der Waals surface area contributed by atoms with Crippen molar-refractivity contribution in [3.8, 4) is 0 Å². The van der Waals surface area contributed by atoms with E-state index in [2.05, 4.69) is 0 Å². The number of halogens is 1. The first kappa shape index (κ1) is 32.6. The van der Waals surface area contributed by atoms with Gasteiger partial charge in [0, 0.05) is 26.8 Å². The summed E-state index contributed by atoms with van der Waals surface area (Å²) in [6.07, 6.45) is 3.70. The third-order valence-electron chi connectivity index (χ3n) is 3.13. The fourth-order valence-corrected chi connectivity index (χ4v) is 2.82. The van der Waals surface area contributed by atoms with E-state index in [4.69, 9.17) is 24.0 Å². The molecule has 0 amide bonds. The summed E-state index contributed by atoms with van der Waals surface area (Å²) in [5, 5.41) is 17.0. The van der Waals surface area contributed by atoms with Crippen molar-refractivity contribution in [1.29, 1.82) is 0 Å². The molecule has 0 spiro atoms. The summed E-state index contributed by atoms with van der Waals surface area (Å²) in [5.74, 6) is -1.64. The molecular formula is C18H20INaO9S2. The number of benzene rings is 2. The molecule has 0 aliphatic carbocycles. The Morgan fingerprint density at radius 3 is 1.45 bits per heavy atom. The Labute approximate surface area is 215 Å². The summed E-state index contributed by atoms with van der Waals surface area (Å²) >= 11 is -4.29. The van der Waals surface area contributed by atoms with Crippen LogP contribution in [0.25, 0.3) is 0 Å². The summed E-state index contributed by atoms with van der Waals surface area (Å²) in [7, 11) is -0.997. The van der Waals surface area contributed by atoms with Crippen LogP contribution in [0.3, 0.4) is 0 Å². The first-order chi connectivity index (χ1) is 13.8. The molecule has 166 valence electrons. The minimum atomic E-state index is -5.94. The Balaban J connectivity index is 0. The van der Waals surface area contributed by atoms with E-state index in [1.54, 1.807) is 42.3 Å². The van der Waals surface area contributed by atoms with Crippen LogP contribution in [-0.2, 0) is 33.2 Å². The summed E-state index contributed by atoms with van der Waals surface area (Å²) in [6, 6.07) is 14.3. The molecule has 0 aliphatic rings. The molecule has 0 radical (unpaired) electrons. The van der Waals surface area contributed by atoms with Crippen LogP contribution in [0.15, 0.2) is 58.3 Å². The van der Waals surface area contributed by atoms with E-state index in [1.165, 1.54) is 0 Å². The van der Waals surface area contributed by atoms with Crippen molar-refractivity contribution >= 4 is 34.5 Å². The van der Waals surface area contributed by atoms with Gasteiger partial charge < -0.3 is 10.2 Å². The molecule has 0 saturated carbocycles. The van der Waals surface area contributed by atoms with E-state index in [0.717, 1.165) is 16.0 Å². The predicted octanol–water partition coefficient (Wildman–Crippen LogP) is -7.66. The van der Waals surface area contributed by atoms with Crippen molar-refractivity contribution in [3.63, 3.8) is 0 Å². The number of carboxylic acid groups (broad SMARTS) is 2. The Bertz CT molecular complexity index is 819. The maximum Gasteiger partial charge on any atom is 1.00 e. The van der Waals surface area contributed by atoms with Crippen LogP contribution in [0.1, 0.15) is 11.1 Å². The number of thioether (sulfide) groups is 1. The van der Waals surface area contributed by atoms with Crippen molar-refractivity contribution < 1.29 is 87.4 Å². The molecule has 2 aromatic carbocycles. The Kier molecular flexibility index (Phi) is 17.9. The van der Waals surface area contributed by atoms with Gasteiger partial charge in [0.25, 0.3) is 0 Å². The zero-order chi connectivity index (χ0) is 23.3. The molecule has 0 saturated heterocycles. The average Bonchev–Trinajstić information content (AvgIpc) is 2.61. The fourth-order valence-electron chi connectivity index (χ4n) is 1.89. The van der Waals surface area contributed by atoms with E-state index >= 15 is 0 Å². The molecule has 0 heterocycles. The summed E-state index contributed by atoms with van der Waals surface area (Å²) in [4.78, 5) is 22.5. The van der Waals surface area contributed by atoms with Gasteiger partial charge in [-0.15, -0.1) is 11.8 Å². The number of carboxylic acids is 2. The second kappa shape index (κ2) is 17.0. The normalized spacial score (nSPS) is 10.9. The second-order valence-corrected chi connectivity index (χ2v) is 9.88. The third kappa shape index (κ3) is 19.8. The molecule has 1 unspecified atom stereocenters. The van der Waals surface area contributed by atoms with Crippen LogP contribution in [-0.4, -0.2) is 38.9 Å². The number of aliphatic carboxylic acids is 2.